The van der Waals surface area contributed by atoms with Crippen molar-refractivity contribution in [2.75, 3.05) is 12.4 Å². The average Bonchev–Trinajstić information content (AvgIpc) is 2.61. The summed E-state index contributed by atoms with van der Waals surface area (Å²) in [4.78, 5) is 28.6. The van der Waals surface area contributed by atoms with Crippen LogP contribution in [0.4, 0.5) is 11.4 Å². The fraction of sp³-hybridized carbons (Fsp3) is 0.125. The molecule has 0 aliphatic carbocycles. The highest BCUT2D eigenvalue weighted by Gasteiger charge is 2.11. The Labute approximate surface area is 156 Å². The first kappa shape index (κ1) is 20.9. The Hall–Kier alpha value is -3.14. The number of carboxylic acid groups (broad SMARTS) is 2. The molecular formula is C16H15BrN2O7. The molecule has 0 atom stereocenters. The highest BCUT2D eigenvalue weighted by Crippen LogP contribution is 2.29. The summed E-state index contributed by atoms with van der Waals surface area (Å²) in [6.07, 6.45) is 0. The molecule has 0 amide bonds. The summed E-state index contributed by atoms with van der Waals surface area (Å²) in [6.45, 7) is 0.541. The molecule has 0 aliphatic rings. The molecule has 138 valence electrons. The van der Waals surface area contributed by atoms with E-state index < -0.39 is 16.9 Å². The maximum Gasteiger partial charge on any atom is 0.414 e. The number of nitro benzene ring substituents is 1. The molecule has 0 aliphatic heterocycles. The largest absolute Gasteiger partial charge is 0.495 e. The first-order valence-corrected chi connectivity index (χ1v) is 7.81. The van der Waals surface area contributed by atoms with Crippen LogP contribution in [0.3, 0.4) is 0 Å². The topological polar surface area (TPSA) is 139 Å². The minimum absolute atomic E-state index is 0.0282. The van der Waals surface area contributed by atoms with Gasteiger partial charge in [0.1, 0.15) is 5.75 Å². The van der Waals surface area contributed by atoms with E-state index in [-0.39, 0.29) is 5.69 Å². The number of carbonyl (C=O) groups is 2. The molecule has 0 heterocycles. The number of rotatable bonds is 5. The van der Waals surface area contributed by atoms with Crippen LogP contribution in [0.1, 0.15) is 5.56 Å². The number of carboxylic acids is 2. The second kappa shape index (κ2) is 9.99. The maximum atomic E-state index is 10.8. The number of benzene rings is 2. The number of nitrogens with one attached hydrogen (secondary N) is 1. The van der Waals surface area contributed by atoms with Crippen LogP contribution in [0.25, 0.3) is 0 Å². The second-order valence-electron chi connectivity index (χ2n) is 4.70. The predicted octanol–water partition coefficient (Wildman–Crippen LogP) is 3.13. The van der Waals surface area contributed by atoms with Crippen molar-refractivity contribution in [1.29, 1.82) is 0 Å². The molecule has 0 unspecified atom stereocenters. The van der Waals surface area contributed by atoms with E-state index >= 15 is 0 Å². The van der Waals surface area contributed by atoms with E-state index in [4.69, 9.17) is 24.5 Å². The number of non-ortho nitro benzene ring substituents is 1. The molecule has 0 spiro atoms. The minimum Gasteiger partial charge on any atom is -0.495 e. The second-order valence-corrected chi connectivity index (χ2v) is 5.55. The number of methoxy groups -OCH3 is 1. The van der Waals surface area contributed by atoms with Gasteiger partial charge in [-0.05, 0) is 17.7 Å². The summed E-state index contributed by atoms with van der Waals surface area (Å²) in [6, 6.07) is 12.3. The third-order valence-corrected chi connectivity index (χ3v) is 3.78. The Morgan fingerprint density at radius 3 is 2.31 bits per heavy atom. The van der Waals surface area contributed by atoms with E-state index in [1.807, 2.05) is 24.3 Å². The van der Waals surface area contributed by atoms with Crippen LogP contribution in [-0.2, 0) is 16.1 Å². The van der Waals surface area contributed by atoms with Crippen molar-refractivity contribution in [3.63, 3.8) is 0 Å². The first-order valence-electron chi connectivity index (χ1n) is 7.02. The molecule has 0 bridgehead atoms. The van der Waals surface area contributed by atoms with Crippen LogP contribution in [0.5, 0.6) is 5.75 Å². The van der Waals surface area contributed by atoms with Gasteiger partial charge in [0.25, 0.3) is 5.69 Å². The lowest BCUT2D eigenvalue weighted by atomic mass is 10.2. The fourth-order valence-corrected chi connectivity index (χ4v) is 2.20. The monoisotopic (exact) mass is 426 g/mol. The Morgan fingerprint density at radius 1 is 1.19 bits per heavy atom. The maximum absolute atomic E-state index is 10.8. The summed E-state index contributed by atoms with van der Waals surface area (Å²) in [5, 5.41) is 28.8. The molecule has 0 saturated carbocycles. The Morgan fingerprint density at radius 2 is 1.81 bits per heavy atom. The highest BCUT2D eigenvalue weighted by molar-refractivity contribution is 9.10. The van der Waals surface area contributed by atoms with E-state index in [0.29, 0.717) is 18.0 Å². The lowest BCUT2D eigenvalue weighted by Gasteiger charge is -2.11. The van der Waals surface area contributed by atoms with Crippen molar-refractivity contribution in [3.8, 4) is 5.75 Å². The van der Waals surface area contributed by atoms with Crippen molar-refractivity contribution in [2.45, 2.75) is 6.54 Å². The number of aliphatic carboxylic acids is 2. The van der Waals surface area contributed by atoms with Gasteiger partial charge in [0.2, 0.25) is 0 Å². The predicted molar refractivity (Wildman–Crippen MR) is 96.4 cm³/mol. The summed E-state index contributed by atoms with van der Waals surface area (Å²) >= 11 is 3.46. The van der Waals surface area contributed by atoms with Gasteiger partial charge in [-0.1, -0.05) is 34.1 Å². The minimum atomic E-state index is -1.82. The van der Waals surface area contributed by atoms with Crippen LogP contribution in [0.15, 0.2) is 46.9 Å². The molecule has 2 aromatic carbocycles. The summed E-state index contributed by atoms with van der Waals surface area (Å²) in [5.74, 6) is -3.08. The van der Waals surface area contributed by atoms with Gasteiger partial charge in [-0.2, -0.15) is 0 Å². The lowest BCUT2D eigenvalue weighted by Crippen LogP contribution is -2.09. The summed E-state index contributed by atoms with van der Waals surface area (Å²) < 4.78 is 6.19. The third kappa shape index (κ3) is 6.40. The molecule has 0 fully saturated rings. The summed E-state index contributed by atoms with van der Waals surface area (Å²) in [7, 11) is 1.53. The molecule has 2 aromatic rings. The van der Waals surface area contributed by atoms with E-state index in [1.165, 1.54) is 19.2 Å². The Balaban J connectivity index is 0.000000487. The van der Waals surface area contributed by atoms with Gasteiger partial charge in [-0.3, -0.25) is 10.1 Å². The molecule has 3 N–H and O–H groups in total. The van der Waals surface area contributed by atoms with Crippen molar-refractivity contribution in [3.05, 3.63) is 62.6 Å². The van der Waals surface area contributed by atoms with Crippen molar-refractivity contribution in [2.24, 2.45) is 0 Å². The molecule has 9 nitrogen and oxygen atoms in total. The standard InChI is InChI=1S/C14H13BrN2O3.C2H2O4/c1-20-14-7-6-11(17(18)19)8-13(14)16-9-10-4-2-3-5-12(10)15;3-1(4)2(5)6/h2-8,16H,9H2,1H3;(H,3,4)(H,5,6). The molecular weight excluding hydrogens is 412 g/mol. The van der Waals surface area contributed by atoms with Gasteiger partial charge in [0.05, 0.1) is 17.7 Å². The van der Waals surface area contributed by atoms with E-state index in [0.717, 1.165) is 10.0 Å². The van der Waals surface area contributed by atoms with E-state index in [9.17, 15) is 10.1 Å². The van der Waals surface area contributed by atoms with E-state index in [1.54, 1.807) is 6.07 Å². The Bertz CT molecular complexity index is 799. The van der Waals surface area contributed by atoms with Crippen molar-refractivity contribution >= 4 is 39.2 Å². The highest BCUT2D eigenvalue weighted by atomic mass is 79.9. The number of ether oxygens (including phenoxy) is 1. The molecule has 2 rings (SSSR count). The summed E-state index contributed by atoms with van der Waals surface area (Å²) in [5.41, 5.74) is 1.68. The smallest absolute Gasteiger partial charge is 0.414 e. The SMILES string of the molecule is COc1ccc([N+](=O)[O-])cc1NCc1ccccc1Br.O=C(O)C(=O)O. The fourth-order valence-electron chi connectivity index (χ4n) is 1.78. The van der Waals surface area contributed by atoms with Crippen LogP contribution in [0.2, 0.25) is 0 Å². The normalized spacial score (nSPS) is 9.46. The zero-order valence-electron chi connectivity index (χ0n) is 13.5. The zero-order chi connectivity index (χ0) is 19.7. The third-order valence-electron chi connectivity index (χ3n) is 3.00. The van der Waals surface area contributed by atoms with Gasteiger partial charge in [-0.15, -0.1) is 0 Å². The first-order chi connectivity index (χ1) is 12.3. The number of nitrogens with zero attached hydrogens (tertiary/aromatic N) is 1. The quantitative estimate of drug-likeness (QED) is 0.376. The van der Waals surface area contributed by atoms with Gasteiger partial charge in [0, 0.05) is 23.2 Å². The molecule has 0 aromatic heterocycles. The van der Waals surface area contributed by atoms with Gasteiger partial charge >= 0.3 is 11.9 Å². The van der Waals surface area contributed by atoms with E-state index in [2.05, 4.69) is 21.2 Å². The molecule has 0 saturated heterocycles. The number of anilines is 1. The number of hydrogen-bond acceptors (Lipinski definition) is 6. The van der Waals surface area contributed by atoms with Gasteiger partial charge in [0.15, 0.2) is 0 Å². The lowest BCUT2D eigenvalue weighted by molar-refractivity contribution is -0.384. The van der Waals surface area contributed by atoms with Crippen LogP contribution in [0, 0.1) is 10.1 Å². The van der Waals surface area contributed by atoms with Gasteiger partial charge < -0.3 is 20.3 Å². The Kier molecular flexibility index (Phi) is 8.03. The molecule has 0 radical (unpaired) electrons. The zero-order valence-corrected chi connectivity index (χ0v) is 15.1. The van der Waals surface area contributed by atoms with Crippen LogP contribution < -0.4 is 10.1 Å². The number of nitro groups is 1. The molecule has 10 heteroatoms. The van der Waals surface area contributed by atoms with Crippen LogP contribution >= 0.6 is 15.9 Å². The van der Waals surface area contributed by atoms with Crippen molar-refractivity contribution < 1.29 is 29.5 Å². The van der Waals surface area contributed by atoms with Crippen LogP contribution in [-0.4, -0.2) is 34.2 Å². The number of halogens is 1. The number of hydrogen-bond donors (Lipinski definition) is 3. The molecule has 26 heavy (non-hydrogen) atoms. The average molecular weight is 427 g/mol. The van der Waals surface area contributed by atoms with Gasteiger partial charge in [-0.25, -0.2) is 9.59 Å². The van der Waals surface area contributed by atoms with Crippen molar-refractivity contribution in [1.82, 2.24) is 0 Å².